The third kappa shape index (κ3) is 2.37. The van der Waals surface area contributed by atoms with E-state index in [2.05, 4.69) is 0 Å². The molecule has 94 valence electrons. The second-order valence-corrected chi connectivity index (χ2v) is 4.10. The Labute approximate surface area is 106 Å². The summed E-state index contributed by atoms with van der Waals surface area (Å²) in [7, 11) is 1.63. The predicted molar refractivity (Wildman–Crippen MR) is 68.5 cm³/mol. The van der Waals surface area contributed by atoms with Gasteiger partial charge >= 0.3 is 6.09 Å². The highest BCUT2D eigenvalue weighted by Gasteiger charge is 2.17. The van der Waals surface area contributed by atoms with Crippen molar-refractivity contribution in [1.29, 1.82) is 0 Å². The van der Waals surface area contributed by atoms with Gasteiger partial charge in [0, 0.05) is 17.8 Å². The number of ether oxygens (including phenoxy) is 1. The van der Waals surface area contributed by atoms with Crippen molar-refractivity contribution in [2.75, 3.05) is 7.11 Å². The molecule has 0 aliphatic carbocycles. The van der Waals surface area contributed by atoms with Crippen LogP contribution in [0.3, 0.4) is 0 Å². The molecule has 0 bridgehead atoms. The molecular formula is C14H15NO3. The Morgan fingerprint density at radius 1 is 1.33 bits per heavy atom. The molecule has 1 aliphatic heterocycles. The van der Waals surface area contributed by atoms with Crippen molar-refractivity contribution in [3.8, 4) is 5.75 Å². The van der Waals surface area contributed by atoms with Crippen molar-refractivity contribution < 1.29 is 14.6 Å². The topological polar surface area (TPSA) is 49.8 Å². The fourth-order valence-electron chi connectivity index (χ4n) is 1.94. The van der Waals surface area contributed by atoms with Crippen LogP contribution in [0.2, 0.25) is 0 Å². The van der Waals surface area contributed by atoms with E-state index in [-0.39, 0.29) is 5.92 Å². The molecule has 0 radical (unpaired) electrons. The number of amides is 1. The summed E-state index contributed by atoms with van der Waals surface area (Å²) in [6.07, 6.45) is 4.42. The highest BCUT2D eigenvalue weighted by Crippen LogP contribution is 2.27. The Balaban J connectivity index is 2.21. The molecule has 0 spiro atoms. The van der Waals surface area contributed by atoms with Gasteiger partial charge in [-0.2, -0.15) is 0 Å². The van der Waals surface area contributed by atoms with E-state index >= 15 is 0 Å². The molecule has 1 N–H and O–H groups in total. The summed E-state index contributed by atoms with van der Waals surface area (Å²) in [5.74, 6) is 0.915. The number of hydrogen-bond donors (Lipinski definition) is 1. The van der Waals surface area contributed by atoms with E-state index in [1.807, 2.05) is 36.4 Å². The minimum absolute atomic E-state index is 0.103. The molecule has 1 atom stereocenters. The minimum Gasteiger partial charge on any atom is -0.497 e. The zero-order valence-corrected chi connectivity index (χ0v) is 10.3. The van der Waals surface area contributed by atoms with Crippen molar-refractivity contribution in [3.63, 3.8) is 0 Å². The van der Waals surface area contributed by atoms with E-state index in [0.717, 1.165) is 11.3 Å². The number of allylic oxidation sites excluding steroid dienone is 3. The SMILES string of the molecule is COc1ccc(C2C=CN(C(=O)O)C(C)=C2)cc1. The zero-order valence-electron chi connectivity index (χ0n) is 10.3. The maximum absolute atomic E-state index is 10.9. The van der Waals surface area contributed by atoms with Crippen LogP contribution in [0.15, 0.2) is 48.3 Å². The highest BCUT2D eigenvalue weighted by molar-refractivity contribution is 5.69. The molecule has 4 heteroatoms. The van der Waals surface area contributed by atoms with Gasteiger partial charge in [0.25, 0.3) is 0 Å². The summed E-state index contributed by atoms with van der Waals surface area (Å²) < 4.78 is 5.11. The maximum Gasteiger partial charge on any atom is 0.415 e. The van der Waals surface area contributed by atoms with Gasteiger partial charge in [-0.1, -0.05) is 24.3 Å². The molecule has 0 saturated heterocycles. The Hall–Kier alpha value is -2.23. The first-order valence-electron chi connectivity index (χ1n) is 5.64. The number of benzene rings is 1. The van der Waals surface area contributed by atoms with Crippen LogP contribution < -0.4 is 4.74 Å². The van der Waals surface area contributed by atoms with E-state index in [0.29, 0.717) is 5.70 Å². The molecule has 1 heterocycles. The van der Waals surface area contributed by atoms with Gasteiger partial charge in [0.15, 0.2) is 0 Å². The lowest BCUT2D eigenvalue weighted by molar-refractivity contribution is 0.171. The lowest BCUT2D eigenvalue weighted by atomic mass is 9.96. The molecule has 0 fully saturated rings. The van der Waals surface area contributed by atoms with Gasteiger partial charge in [0.2, 0.25) is 0 Å². The number of carboxylic acid groups (broad SMARTS) is 1. The van der Waals surface area contributed by atoms with Gasteiger partial charge in [0.1, 0.15) is 5.75 Å². The molecule has 0 saturated carbocycles. The molecular weight excluding hydrogens is 230 g/mol. The number of rotatable bonds is 2. The highest BCUT2D eigenvalue weighted by atomic mass is 16.5. The monoisotopic (exact) mass is 245 g/mol. The van der Waals surface area contributed by atoms with Crippen LogP contribution in [0.25, 0.3) is 0 Å². The van der Waals surface area contributed by atoms with Crippen LogP contribution in [0.1, 0.15) is 18.4 Å². The molecule has 1 amide bonds. The maximum atomic E-state index is 10.9. The summed E-state index contributed by atoms with van der Waals surface area (Å²) in [5, 5.41) is 8.95. The molecule has 1 aliphatic rings. The molecule has 18 heavy (non-hydrogen) atoms. The summed E-state index contributed by atoms with van der Waals surface area (Å²) in [6.45, 7) is 1.79. The fraction of sp³-hybridized carbons (Fsp3) is 0.214. The molecule has 1 unspecified atom stereocenters. The van der Waals surface area contributed by atoms with Crippen molar-refractivity contribution in [2.45, 2.75) is 12.8 Å². The first-order valence-corrected chi connectivity index (χ1v) is 5.64. The predicted octanol–water partition coefficient (Wildman–Crippen LogP) is 3.19. The zero-order chi connectivity index (χ0) is 13.1. The number of carbonyl (C=O) groups is 1. The summed E-state index contributed by atoms with van der Waals surface area (Å²) >= 11 is 0. The van der Waals surface area contributed by atoms with Crippen molar-refractivity contribution in [1.82, 2.24) is 4.90 Å². The van der Waals surface area contributed by atoms with Gasteiger partial charge in [0.05, 0.1) is 7.11 Å². The Kier molecular flexibility index (Phi) is 3.37. The van der Waals surface area contributed by atoms with Crippen molar-refractivity contribution in [2.24, 2.45) is 0 Å². The lowest BCUT2D eigenvalue weighted by Crippen LogP contribution is -2.24. The third-order valence-corrected chi connectivity index (χ3v) is 2.95. The van der Waals surface area contributed by atoms with Gasteiger partial charge in [-0.25, -0.2) is 4.79 Å². The number of nitrogens with zero attached hydrogens (tertiary/aromatic N) is 1. The first kappa shape index (κ1) is 12.2. The number of methoxy groups -OCH3 is 1. The van der Waals surface area contributed by atoms with Gasteiger partial charge in [-0.05, 0) is 24.6 Å². The van der Waals surface area contributed by atoms with E-state index in [1.165, 1.54) is 4.90 Å². The van der Waals surface area contributed by atoms with Crippen molar-refractivity contribution >= 4 is 6.09 Å². The van der Waals surface area contributed by atoms with Crippen LogP contribution in [0.4, 0.5) is 4.79 Å². The normalized spacial score (nSPS) is 18.4. The van der Waals surface area contributed by atoms with Crippen LogP contribution >= 0.6 is 0 Å². The fourth-order valence-corrected chi connectivity index (χ4v) is 1.94. The third-order valence-electron chi connectivity index (χ3n) is 2.95. The average Bonchev–Trinajstić information content (AvgIpc) is 2.38. The Morgan fingerprint density at radius 2 is 2.00 bits per heavy atom. The summed E-state index contributed by atoms with van der Waals surface area (Å²) in [4.78, 5) is 12.1. The summed E-state index contributed by atoms with van der Waals surface area (Å²) in [6, 6.07) is 7.76. The van der Waals surface area contributed by atoms with Crippen LogP contribution in [0.5, 0.6) is 5.75 Å². The quantitative estimate of drug-likeness (QED) is 0.870. The Morgan fingerprint density at radius 3 is 2.50 bits per heavy atom. The summed E-state index contributed by atoms with van der Waals surface area (Å²) in [5.41, 5.74) is 1.82. The minimum atomic E-state index is -0.965. The molecule has 0 aromatic heterocycles. The van der Waals surface area contributed by atoms with Crippen molar-refractivity contribution in [3.05, 3.63) is 53.9 Å². The van der Waals surface area contributed by atoms with Gasteiger partial charge < -0.3 is 9.84 Å². The van der Waals surface area contributed by atoms with Crippen LogP contribution in [-0.4, -0.2) is 23.2 Å². The van der Waals surface area contributed by atoms with Crippen LogP contribution in [0, 0.1) is 0 Å². The van der Waals surface area contributed by atoms with Crippen LogP contribution in [-0.2, 0) is 0 Å². The molecule has 2 rings (SSSR count). The smallest absolute Gasteiger partial charge is 0.415 e. The second-order valence-electron chi connectivity index (χ2n) is 4.10. The average molecular weight is 245 g/mol. The van der Waals surface area contributed by atoms with E-state index in [9.17, 15) is 4.79 Å². The molecule has 1 aromatic rings. The standard InChI is InChI=1S/C14H15NO3/c1-10-9-12(7-8-15(10)14(16)17)11-3-5-13(18-2)6-4-11/h3-9,12H,1-2H3,(H,16,17). The van der Waals surface area contributed by atoms with E-state index < -0.39 is 6.09 Å². The van der Waals surface area contributed by atoms with Gasteiger partial charge in [-0.15, -0.1) is 0 Å². The number of hydrogen-bond acceptors (Lipinski definition) is 2. The lowest BCUT2D eigenvalue weighted by Gasteiger charge is -2.22. The second kappa shape index (κ2) is 4.96. The Bertz CT molecular complexity index is 502. The first-order chi connectivity index (χ1) is 8.61. The largest absolute Gasteiger partial charge is 0.497 e. The molecule has 1 aromatic carbocycles. The van der Waals surface area contributed by atoms with Gasteiger partial charge in [-0.3, -0.25) is 4.90 Å². The van der Waals surface area contributed by atoms with E-state index in [1.54, 1.807) is 20.2 Å². The van der Waals surface area contributed by atoms with E-state index in [4.69, 9.17) is 9.84 Å². The molecule has 4 nitrogen and oxygen atoms in total.